The molecule has 1 heterocycles. The number of hydrogen-bond donors (Lipinski definition) is 0. The summed E-state index contributed by atoms with van der Waals surface area (Å²) in [7, 11) is 1.48. The molecule has 0 spiro atoms. The van der Waals surface area contributed by atoms with Crippen LogP contribution in [0, 0.1) is 11.3 Å². The molecule has 176 valence electrons. The molecule has 0 aliphatic carbocycles. The summed E-state index contributed by atoms with van der Waals surface area (Å²) in [6.45, 7) is 0.255. The van der Waals surface area contributed by atoms with E-state index in [1.807, 2.05) is 6.07 Å². The highest BCUT2D eigenvalue weighted by atomic mass is 35.5. The molecule has 0 N–H and O–H groups in total. The molecule has 0 radical (unpaired) electrons. The second kappa shape index (κ2) is 10.9. The van der Waals surface area contributed by atoms with E-state index in [9.17, 15) is 14.9 Å². The number of benzene rings is 3. The quantitative estimate of drug-likeness (QED) is 0.320. The number of amides is 2. The van der Waals surface area contributed by atoms with Crippen LogP contribution in [0.25, 0.3) is 6.08 Å². The van der Waals surface area contributed by atoms with Gasteiger partial charge in [0.1, 0.15) is 6.61 Å². The van der Waals surface area contributed by atoms with Crippen LogP contribution in [0.3, 0.4) is 0 Å². The zero-order valence-corrected chi connectivity index (χ0v) is 20.8. The number of rotatable bonds is 7. The normalized spacial score (nSPS) is 14.3. The number of imide groups is 1. The molecule has 2 amide bonds. The predicted molar refractivity (Wildman–Crippen MR) is 136 cm³/mol. The first-order valence-electron chi connectivity index (χ1n) is 10.4. The van der Waals surface area contributed by atoms with Crippen molar-refractivity contribution < 1.29 is 19.1 Å². The third-order valence-electron chi connectivity index (χ3n) is 5.16. The van der Waals surface area contributed by atoms with Gasteiger partial charge in [-0.15, -0.1) is 0 Å². The summed E-state index contributed by atoms with van der Waals surface area (Å²) in [5.74, 6) is 0.271. The van der Waals surface area contributed by atoms with E-state index in [-0.39, 0.29) is 28.3 Å². The second-order valence-electron chi connectivity index (χ2n) is 7.49. The van der Waals surface area contributed by atoms with E-state index >= 15 is 0 Å². The molecule has 4 rings (SSSR count). The van der Waals surface area contributed by atoms with Crippen LogP contribution < -0.4 is 9.47 Å². The van der Waals surface area contributed by atoms with Gasteiger partial charge in [-0.05, 0) is 59.3 Å². The topological polar surface area (TPSA) is 79.6 Å². The van der Waals surface area contributed by atoms with Crippen LogP contribution in [0.2, 0.25) is 10.0 Å². The third-order valence-corrected chi connectivity index (χ3v) is 6.59. The monoisotopic (exact) mass is 524 g/mol. The summed E-state index contributed by atoms with van der Waals surface area (Å²) in [6.07, 6.45) is 1.59. The zero-order valence-electron chi connectivity index (χ0n) is 18.5. The van der Waals surface area contributed by atoms with E-state index in [0.717, 1.165) is 17.3 Å². The number of ether oxygens (including phenoxy) is 2. The van der Waals surface area contributed by atoms with Crippen molar-refractivity contribution in [1.82, 2.24) is 4.90 Å². The van der Waals surface area contributed by atoms with Gasteiger partial charge in [-0.25, -0.2) is 0 Å². The van der Waals surface area contributed by atoms with Gasteiger partial charge in [-0.3, -0.25) is 14.5 Å². The van der Waals surface area contributed by atoms with Crippen molar-refractivity contribution in [2.24, 2.45) is 0 Å². The maximum Gasteiger partial charge on any atom is 0.293 e. The van der Waals surface area contributed by atoms with Gasteiger partial charge in [0.05, 0.1) is 35.2 Å². The Labute approximate surface area is 216 Å². The molecule has 1 aliphatic rings. The standard InChI is InChI=1S/C26H18Cl2N2O4S/c1-33-22-11-17(10-21(28)24(22)34-15-19-7-3-2-6-18(19)13-29)12-23-25(31)30(26(32)35-23)14-16-5-4-8-20(27)9-16/h2-12H,14-15H2,1H3/b23-12-. The Hall–Kier alpha value is -3.44. The lowest BCUT2D eigenvalue weighted by molar-refractivity contribution is -0.123. The lowest BCUT2D eigenvalue weighted by Gasteiger charge is -2.14. The highest BCUT2D eigenvalue weighted by molar-refractivity contribution is 8.18. The van der Waals surface area contributed by atoms with Gasteiger partial charge < -0.3 is 9.47 Å². The minimum atomic E-state index is -0.400. The largest absolute Gasteiger partial charge is 0.493 e. The molecular weight excluding hydrogens is 507 g/mol. The average molecular weight is 525 g/mol. The molecule has 9 heteroatoms. The van der Waals surface area contributed by atoms with Crippen LogP contribution >= 0.6 is 35.0 Å². The first-order valence-corrected chi connectivity index (χ1v) is 11.9. The van der Waals surface area contributed by atoms with Crippen LogP contribution in [0.1, 0.15) is 22.3 Å². The number of nitriles is 1. The molecule has 6 nitrogen and oxygen atoms in total. The van der Waals surface area contributed by atoms with Crippen molar-refractivity contribution in [2.45, 2.75) is 13.2 Å². The van der Waals surface area contributed by atoms with Crippen molar-refractivity contribution in [3.8, 4) is 17.6 Å². The molecule has 3 aromatic rings. The lowest BCUT2D eigenvalue weighted by Crippen LogP contribution is -2.27. The van der Waals surface area contributed by atoms with Crippen LogP contribution in [-0.4, -0.2) is 23.2 Å². The van der Waals surface area contributed by atoms with Crippen LogP contribution in [0.5, 0.6) is 11.5 Å². The molecule has 0 unspecified atom stereocenters. The van der Waals surface area contributed by atoms with Crippen LogP contribution in [-0.2, 0) is 17.9 Å². The Morgan fingerprint density at radius 3 is 2.63 bits per heavy atom. The molecule has 0 bridgehead atoms. The van der Waals surface area contributed by atoms with E-state index in [1.54, 1.807) is 60.7 Å². The maximum atomic E-state index is 12.9. The van der Waals surface area contributed by atoms with Gasteiger partial charge in [-0.1, -0.05) is 53.5 Å². The lowest BCUT2D eigenvalue weighted by atomic mass is 10.1. The zero-order chi connectivity index (χ0) is 24.9. The number of carbonyl (C=O) groups excluding carboxylic acids is 2. The fraction of sp³-hybridized carbons (Fsp3) is 0.115. The fourth-order valence-corrected chi connectivity index (χ4v) is 4.80. The first-order chi connectivity index (χ1) is 16.9. The van der Waals surface area contributed by atoms with E-state index in [2.05, 4.69) is 6.07 Å². The van der Waals surface area contributed by atoms with E-state index in [0.29, 0.717) is 33.2 Å². The average Bonchev–Trinajstić information content (AvgIpc) is 3.10. The number of halogens is 2. The Morgan fingerprint density at radius 2 is 1.89 bits per heavy atom. The highest BCUT2D eigenvalue weighted by Gasteiger charge is 2.35. The molecule has 35 heavy (non-hydrogen) atoms. The minimum Gasteiger partial charge on any atom is -0.493 e. The van der Waals surface area contributed by atoms with Gasteiger partial charge in [0.2, 0.25) is 0 Å². The van der Waals surface area contributed by atoms with Crippen LogP contribution in [0.15, 0.2) is 65.6 Å². The number of methoxy groups -OCH3 is 1. The Morgan fingerprint density at radius 1 is 1.09 bits per heavy atom. The van der Waals surface area contributed by atoms with Crippen molar-refractivity contribution in [2.75, 3.05) is 7.11 Å². The van der Waals surface area contributed by atoms with E-state index in [1.165, 1.54) is 12.0 Å². The second-order valence-corrected chi connectivity index (χ2v) is 9.33. The summed E-state index contributed by atoms with van der Waals surface area (Å²) in [4.78, 5) is 26.8. The smallest absolute Gasteiger partial charge is 0.293 e. The van der Waals surface area contributed by atoms with Gasteiger partial charge >= 0.3 is 0 Å². The Balaban J connectivity index is 1.55. The molecule has 0 aromatic heterocycles. The molecule has 0 saturated carbocycles. The summed E-state index contributed by atoms with van der Waals surface area (Å²) < 4.78 is 11.3. The maximum absolute atomic E-state index is 12.9. The highest BCUT2D eigenvalue weighted by Crippen LogP contribution is 2.39. The SMILES string of the molecule is COc1cc(/C=C2\SC(=O)N(Cc3cccc(Cl)c3)C2=O)cc(Cl)c1OCc1ccccc1C#N. The Bertz CT molecular complexity index is 1380. The number of carbonyl (C=O) groups is 2. The van der Waals surface area contributed by atoms with Crippen molar-refractivity contribution in [3.63, 3.8) is 0 Å². The summed E-state index contributed by atoms with van der Waals surface area (Å²) in [5, 5.41) is 9.71. The fourth-order valence-electron chi connectivity index (χ4n) is 3.47. The number of nitrogens with zero attached hydrogens (tertiary/aromatic N) is 2. The molecule has 3 aromatic carbocycles. The molecule has 1 aliphatic heterocycles. The minimum absolute atomic E-state index is 0.127. The van der Waals surface area contributed by atoms with Gasteiger partial charge in [0, 0.05) is 10.6 Å². The molecule has 1 fully saturated rings. The third kappa shape index (κ3) is 5.63. The molecule has 0 atom stereocenters. The summed E-state index contributed by atoms with van der Waals surface area (Å²) in [5.41, 5.74) is 2.55. The van der Waals surface area contributed by atoms with Gasteiger partial charge in [0.25, 0.3) is 11.1 Å². The number of thioether (sulfide) groups is 1. The Kier molecular flexibility index (Phi) is 7.67. The first kappa shape index (κ1) is 24.7. The van der Waals surface area contributed by atoms with Crippen molar-refractivity contribution in [3.05, 3.63) is 97.9 Å². The summed E-state index contributed by atoms with van der Waals surface area (Å²) >= 11 is 13.3. The molecule has 1 saturated heterocycles. The van der Waals surface area contributed by atoms with Gasteiger partial charge in [-0.2, -0.15) is 5.26 Å². The number of hydrogen-bond acceptors (Lipinski definition) is 6. The van der Waals surface area contributed by atoms with E-state index in [4.69, 9.17) is 32.7 Å². The van der Waals surface area contributed by atoms with Gasteiger partial charge in [0.15, 0.2) is 11.5 Å². The van der Waals surface area contributed by atoms with E-state index < -0.39 is 5.91 Å². The summed E-state index contributed by atoms with van der Waals surface area (Å²) in [6, 6.07) is 19.5. The van der Waals surface area contributed by atoms with Crippen molar-refractivity contribution >= 4 is 52.2 Å². The van der Waals surface area contributed by atoms with Crippen LogP contribution in [0.4, 0.5) is 4.79 Å². The molecular formula is C26H18Cl2N2O4S. The predicted octanol–water partition coefficient (Wildman–Crippen LogP) is 6.69. The van der Waals surface area contributed by atoms with Crippen molar-refractivity contribution in [1.29, 1.82) is 5.26 Å².